The van der Waals surface area contributed by atoms with Gasteiger partial charge in [0.05, 0.1) is 6.10 Å². The monoisotopic (exact) mass is 414 g/mol. The first-order valence-electron chi connectivity index (χ1n) is 10.8. The lowest BCUT2D eigenvalue weighted by Crippen LogP contribution is -2.35. The van der Waals surface area contributed by atoms with Crippen LogP contribution in [0.5, 0.6) is 0 Å². The first-order chi connectivity index (χ1) is 15.2. The number of ether oxygens (including phenoxy) is 1. The number of carbonyl (C=O) groups is 1. The van der Waals surface area contributed by atoms with E-state index in [0.29, 0.717) is 12.3 Å². The van der Waals surface area contributed by atoms with Crippen molar-refractivity contribution in [2.24, 2.45) is 0 Å². The predicted octanol–water partition coefficient (Wildman–Crippen LogP) is 5.01. The average Bonchev–Trinajstić information content (AvgIpc) is 3.12. The van der Waals surface area contributed by atoms with E-state index in [9.17, 15) is 9.90 Å². The Balaban J connectivity index is 1.25. The molecule has 3 aromatic rings. The van der Waals surface area contributed by atoms with Crippen LogP contribution in [-0.4, -0.2) is 37.0 Å². The van der Waals surface area contributed by atoms with Crippen LogP contribution >= 0.6 is 0 Å². The molecule has 1 aliphatic heterocycles. The molecule has 3 aromatic carbocycles. The van der Waals surface area contributed by atoms with Gasteiger partial charge in [-0.15, -0.1) is 0 Å². The molecule has 0 saturated carbocycles. The molecule has 0 bridgehead atoms. The fourth-order valence-corrected chi connectivity index (χ4v) is 4.66. The van der Waals surface area contributed by atoms with Gasteiger partial charge in [0.25, 0.3) is 0 Å². The van der Waals surface area contributed by atoms with Crippen LogP contribution in [-0.2, 0) is 4.74 Å². The Kier molecular flexibility index (Phi) is 5.35. The summed E-state index contributed by atoms with van der Waals surface area (Å²) in [4.78, 5) is 14.8. The van der Waals surface area contributed by atoms with Crippen molar-refractivity contribution < 1.29 is 14.6 Å². The lowest BCUT2D eigenvalue weighted by atomic mass is 9.98. The third kappa shape index (κ3) is 4.01. The van der Waals surface area contributed by atoms with Crippen molar-refractivity contribution in [2.45, 2.75) is 24.9 Å². The number of nitrogens with zero attached hydrogens (tertiary/aromatic N) is 1. The standard InChI is InChI=1S/C26H26N2O3/c29-20-12-14-28(15-13-20)19-7-5-6-18(16-19)27-26(30)31-17-25-23-10-3-1-8-21(23)22-9-2-4-11-24(22)25/h1-11,16,20,25,29H,12-15,17H2,(H,27,30). The zero-order chi connectivity index (χ0) is 21.2. The highest BCUT2D eigenvalue weighted by Gasteiger charge is 2.29. The number of hydrogen-bond donors (Lipinski definition) is 2. The van der Waals surface area contributed by atoms with Crippen molar-refractivity contribution >= 4 is 17.5 Å². The van der Waals surface area contributed by atoms with Gasteiger partial charge in [-0.1, -0.05) is 54.6 Å². The van der Waals surface area contributed by atoms with Crippen LogP contribution in [0.25, 0.3) is 11.1 Å². The van der Waals surface area contributed by atoms with Gasteiger partial charge in [-0.05, 0) is 53.3 Å². The second-order valence-electron chi connectivity index (χ2n) is 8.22. The van der Waals surface area contributed by atoms with Gasteiger partial charge < -0.3 is 14.7 Å². The number of piperidine rings is 1. The largest absolute Gasteiger partial charge is 0.448 e. The molecule has 31 heavy (non-hydrogen) atoms. The quantitative estimate of drug-likeness (QED) is 0.630. The van der Waals surface area contributed by atoms with Gasteiger partial charge in [0.2, 0.25) is 0 Å². The number of nitrogens with one attached hydrogen (secondary N) is 1. The minimum atomic E-state index is -0.451. The molecule has 0 aromatic heterocycles. The van der Waals surface area contributed by atoms with Gasteiger partial charge >= 0.3 is 6.09 Å². The number of amides is 1. The number of anilines is 2. The summed E-state index contributed by atoms with van der Waals surface area (Å²) in [5.41, 5.74) is 6.58. The SMILES string of the molecule is O=C(Nc1cccc(N2CCC(O)CC2)c1)OCC1c2ccccc2-c2ccccc21. The first-order valence-corrected chi connectivity index (χ1v) is 10.8. The summed E-state index contributed by atoms with van der Waals surface area (Å²) in [7, 11) is 0. The van der Waals surface area contributed by atoms with Crippen molar-refractivity contribution in [1.82, 2.24) is 0 Å². The lowest BCUT2D eigenvalue weighted by molar-refractivity contribution is 0.145. The Bertz CT molecular complexity index is 1040. The molecular formula is C26H26N2O3. The molecule has 5 rings (SSSR count). The van der Waals surface area contributed by atoms with Crippen molar-refractivity contribution in [3.05, 3.63) is 83.9 Å². The van der Waals surface area contributed by atoms with E-state index in [-0.39, 0.29) is 12.0 Å². The number of benzene rings is 3. The van der Waals surface area contributed by atoms with Gasteiger partial charge in [-0.25, -0.2) is 4.79 Å². The van der Waals surface area contributed by atoms with Crippen LogP contribution in [0.2, 0.25) is 0 Å². The normalized spacial score (nSPS) is 16.0. The van der Waals surface area contributed by atoms with Crippen molar-refractivity contribution in [2.75, 3.05) is 29.9 Å². The lowest BCUT2D eigenvalue weighted by Gasteiger charge is -2.31. The van der Waals surface area contributed by atoms with Crippen LogP contribution in [0, 0.1) is 0 Å². The van der Waals surface area contributed by atoms with Crippen LogP contribution in [0.15, 0.2) is 72.8 Å². The van der Waals surface area contributed by atoms with E-state index in [4.69, 9.17) is 4.74 Å². The van der Waals surface area contributed by atoms with Gasteiger partial charge in [0.1, 0.15) is 6.61 Å². The number of carbonyl (C=O) groups excluding carboxylic acids is 1. The Morgan fingerprint density at radius 3 is 2.26 bits per heavy atom. The van der Waals surface area contributed by atoms with Crippen molar-refractivity contribution in [3.63, 3.8) is 0 Å². The van der Waals surface area contributed by atoms with Crippen LogP contribution in [0.1, 0.15) is 29.9 Å². The summed E-state index contributed by atoms with van der Waals surface area (Å²) >= 11 is 0. The van der Waals surface area contributed by atoms with Gasteiger partial charge in [-0.2, -0.15) is 0 Å². The van der Waals surface area contributed by atoms with Crippen LogP contribution in [0.3, 0.4) is 0 Å². The molecular weight excluding hydrogens is 388 g/mol. The van der Waals surface area contributed by atoms with E-state index in [1.165, 1.54) is 22.3 Å². The second-order valence-corrected chi connectivity index (χ2v) is 8.22. The predicted molar refractivity (Wildman–Crippen MR) is 123 cm³/mol. The topological polar surface area (TPSA) is 61.8 Å². The average molecular weight is 415 g/mol. The fourth-order valence-electron chi connectivity index (χ4n) is 4.66. The molecule has 0 unspecified atom stereocenters. The van der Waals surface area contributed by atoms with Gasteiger partial charge in [0, 0.05) is 30.4 Å². The molecule has 1 fully saturated rings. The van der Waals surface area contributed by atoms with Crippen LogP contribution < -0.4 is 10.2 Å². The molecule has 5 heteroatoms. The summed E-state index contributed by atoms with van der Waals surface area (Å²) in [5, 5.41) is 12.6. The van der Waals surface area contributed by atoms with E-state index < -0.39 is 6.09 Å². The third-order valence-corrected chi connectivity index (χ3v) is 6.27. The smallest absolute Gasteiger partial charge is 0.411 e. The van der Waals surface area contributed by atoms with E-state index in [1.807, 2.05) is 48.5 Å². The van der Waals surface area contributed by atoms with Gasteiger partial charge in [0.15, 0.2) is 0 Å². The minimum Gasteiger partial charge on any atom is -0.448 e. The summed E-state index contributed by atoms with van der Waals surface area (Å²) < 4.78 is 5.65. The minimum absolute atomic E-state index is 0.0456. The Morgan fingerprint density at radius 1 is 0.935 bits per heavy atom. The summed E-state index contributed by atoms with van der Waals surface area (Å²) in [6, 6.07) is 24.4. The number of fused-ring (bicyclic) bond motifs is 3. The molecule has 0 radical (unpaired) electrons. The number of rotatable bonds is 4. The molecule has 2 aliphatic rings. The molecule has 1 amide bonds. The molecule has 158 valence electrons. The molecule has 0 atom stereocenters. The highest BCUT2D eigenvalue weighted by molar-refractivity contribution is 5.86. The summed E-state index contributed by atoms with van der Waals surface area (Å²) in [5.74, 6) is 0.0456. The number of aliphatic hydroxyl groups excluding tert-OH is 1. The molecule has 1 heterocycles. The van der Waals surface area contributed by atoms with Gasteiger partial charge in [-0.3, -0.25) is 5.32 Å². The molecule has 5 nitrogen and oxygen atoms in total. The number of hydrogen-bond acceptors (Lipinski definition) is 4. The van der Waals surface area contributed by atoms with E-state index in [2.05, 4.69) is 34.5 Å². The molecule has 0 spiro atoms. The zero-order valence-electron chi connectivity index (χ0n) is 17.3. The maximum Gasteiger partial charge on any atom is 0.411 e. The van der Waals surface area contributed by atoms with Crippen molar-refractivity contribution in [3.8, 4) is 11.1 Å². The zero-order valence-corrected chi connectivity index (χ0v) is 17.3. The fraction of sp³-hybridized carbons (Fsp3) is 0.269. The maximum absolute atomic E-state index is 12.5. The Labute approximate surface area is 182 Å². The van der Waals surface area contributed by atoms with E-state index >= 15 is 0 Å². The first kappa shape index (κ1) is 19.6. The number of aliphatic hydroxyl groups is 1. The maximum atomic E-state index is 12.5. The summed E-state index contributed by atoms with van der Waals surface area (Å²) in [6.07, 6.45) is 0.875. The highest BCUT2D eigenvalue weighted by atomic mass is 16.5. The van der Waals surface area contributed by atoms with E-state index in [1.54, 1.807) is 0 Å². The summed E-state index contributed by atoms with van der Waals surface area (Å²) in [6.45, 7) is 1.93. The molecule has 2 N–H and O–H groups in total. The van der Waals surface area contributed by atoms with Crippen molar-refractivity contribution in [1.29, 1.82) is 0 Å². The third-order valence-electron chi connectivity index (χ3n) is 6.27. The Morgan fingerprint density at radius 2 is 1.58 bits per heavy atom. The Hall–Kier alpha value is -3.31. The molecule has 1 saturated heterocycles. The molecule has 1 aliphatic carbocycles. The highest BCUT2D eigenvalue weighted by Crippen LogP contribution is 2.44. The second kappa shape index (κ2) is 8.44. The van der Waals surface area contributed by atoms with Crippen LogP contribution in [0.4, 0.5) is 16.2 Å². The van der Waals surface area contributed by atoms with E-state index in [0.717, 1.165) is 31.6 Å².